The van der Waals surface area contributed by atoms with Crippen LogP contribution < -0.4 is 4.90 Å². The van der Waals surface area contributed by atoms with Crippen molar-refractivity contribution in [2.75, 3.05) is 19.0 Å². The molecule has 0 aliphatic rings. The molecule has 0 saturated heterocycles. The molecular weight excluding hydrogens is 272 g/mol. The van der Waals surface area contributed by atoms with Crippen molar-refractivity contribution in [3.8, 4) is 11.1 Å². The second kappa shape index (κ2) is 5.62. The minimum atomic E-state index is -1.19. The van der Waals surface area contributed by atoms with E-state index in [1.807, 2.05) is 31.1 Å². The van der Waals surface area contributed by atoms with E-state index in [1.54, 1.807) is 12.1 Å². The normalized spacial score (nSPS) is 10.2. The number of aromatic carboxylic acids is 1. The number of rotatable bonds is 4. The molecule has 0 heterocycles. The van der Waals surface area contributed by atoms with E-state index in [2.05, 4.69) is 0 Å². The number of non-ortho nitro benzene ring substituents is 1. The smallest absolute Gasteiger partial charge is 0.335 e. The van der Waals surface area contributed by atoms with Gasteiger partial charge in [-0.15, -0.1) is 0 Å². The van der Waals surface area contributed by atoms with Crippen LogP contribution in [0, 0.1) is 10.1 Å². The third kappa shape index (κ3) is 3.17. The molecule has 0 aliphatic heterocycles. The highest BCUT2D eigenvalue weighted by molar-refractivity contribution is 5.90. The minimum Gasteiger partial charge on any atom is -0.478 e. The summed E-state index contributed by atoms with van der Waals surface area (Å²) >= 11 is 0. The van der Waals surface area contributed by atoms with Crippen LogP contribution in [0.15, 0.2) is 42.5 Å². The molecule has 21 heavy (non-hydrogen) atoms. The predicted molar refractivity (Wildman–Crippen MR) is 79.8 cm³/mol. The van der Waals surface area contributed by atoms with Crippen LogP contribution in [0.2, 0.25) is 0 Å². The van der Waals surface area contributed by atoms with E-state index in [0.717, 1.165) is 17.3 Å². The Morgan fingerprint density at radius 1 is 1.10 bits per heavy atom. The molecule has 0 saturated carbocycles. The first kappa shape index (κ1) is 14.5. The first-order valence-corrected chi connectivity index (χ1v) is 6.19. The second-order valence-corrected chi connectivity index (χ2v) is 4.77. The molecule has 0 amide bonds. The van der Waals surface area contributed by atoms with E-state index in [0.29, 0.717) is 5.56 Å². The summed E-state index contributed by atoms with van der Waals surface area (Å²) in [7, 11) is 3.82. The summed E-state index contributed by atoms with van der Waals surface area (Å²) in [6.45, 7) is 0. The number of carboxylic acid groups (broad SMARTS) is 1. The van der Waals surface area contributed by atoms with Gasteiger partial charge >= 0.3 is 5.97 Å². The van der Waals surface area contributed by atoms with Gasteiger partial charge in [0, 0.05) is 31.9 Å². The van der Waals surface area contributed by atoms with Gasteiger partial charge < -0.3 is 10.0 Å². The van der Waals surface area contributed by atoms with Crippen molar-refractivity contribution in [2.24, 2.45) is 0 Å². The maximum Gasteiger partial charge on any atom is 0.335 e. The van der Waals surface area contributed by atoms with Gasteiger partial charge in [-0.05, 0) is 29.3 Å². The lowest BCUT2D eigenvalue weighted by atomic mass is 10.0. The Morgan fingerprint density at radius 3 is 2.19 bits per heavy atom. The van der Waals surface area contributed by atoms with Crippen molar-refractivity contribution in [1.82, 2.24) is 0 Å². The van der Waals surface area contributed by atoms with Gasteiger partial charge in [-0.25, -0.2) is 4.79 Å². The number of nitro groups is 1. The van der Waals surface area contributed by atoms with Crippen molar-refractivity contribution in [1.29, 1.82) is 0 Å². The molecular formula is C15H14N2O4. The zero-order valence-electron chi connectivity index (χ0n) is 11.6. The highest BCUT2D eigenvalue weighted by Crippen LogP contribution is 2.27. The Hall–Kier alpha value is -2.89. The van der Waals surface area contributed by atoms with Crippen LogP contribution in [0.3, 0.4) is 0 Å². The fourth-order valence-corrected chi connectivity index (χ4v) is 1.96. The summed E-state index contributed by atoms with van der Waals surface area (Å²) in [6.07, 6.45) is 0. The topological polar surface area (TPSA) is 83.7 Å². The van der Waals surface area contributed by atoms with Crippen LogP contribution >= 0.6 is 0 Å². The summed E-state index contributed by atoms with van der Waals surface area (Å²) in [6, 6.07) is 11.2. The van der Waals surface area contributed by atoms with Gasteiger partial charge in [0.1, 0.15) is 0 Å². The maximum absolute atomic E-state index is 11.1. The molecule has 6 nitrogen and oxygen atoms in total. The molecule has 2 aromatic rings. The molecule has 0 spiro atoms. The lowest BCUT2D eigenvalue weighted by Crippen LogP contribution is -2.07. The number of benzene rings is 2. The zero-order valence-corrected chi connectivity index (χ0v) is 11.6. The highest BCUT2D eigenvalue weighted by atomic mass is 16.6. The quantitative estimate of drug-likeness (QED) is 0.690. The standard InChI is InChI=1S/C15H14N2O4/c1-16(2)13-5-3-10(4-6-13)11-7-12(15(18)19)9-14(8-11)17(20)21/h3-9H,1-2H3,(H,18,19). The zero-order chi connectivity index (χ0) is 15.6. The van der Waals surface area contributed by atoms with E-state index < -0.39 is 10.9 Å². The van der Waals surface area contributed by atoms with Crippen molar-refractivity contribution in [3.63, 3.8) is 0 Å². The van der Waals surface area contributed by atoms with Gasteiger partial charge in [0.05, 0.1) is 10.5 Å². The van der Waals surface area contributed by atoms with E-state index >= 15 is 0 Å². The van der Waals surface area contributed by atoms with Crippen molar-refractivity contribution in [3.05, 3.63) is 58.1 Å². The molecule has 0 aromatic heterocycles. The lowest BCUT2D eigenvalue weighted by molar-refractivity contribution is -0.384. The highest BCUT2D eigenvalue weighted by Gasteiger charge is 2.14. The summed E-state index contributed by atoms with van der Waals surface area (Å²) in [5, 5.41) is 20.0. The second-order valence-electron chi connectivity index (χ2n) is 4.77. The molecule has 6 heteroatoms. The average molecular weight is 286 g/mol. The molecule has 2 aromatic carbocycles. The lowest BCUT2D eigenvalue weighted by Gasteiger charge is -2.12. The van der Waals surface area contributed by atoms with Crippen LogP contribution in [-0.4, -0.2) is 30.1 Å². The molecule has 0 bridgehead atoms. The third-order valence-corrected chi connectivity index (χ3v) is 3.09. The first-order chi connectivity index (χ1) is 9.88. The Bertz CT molecular complexity index is 661. The number of hydrogen-bond donors (Lipinski definition) is 1. The molecule has 0 fully saturated rings. The molecule has 0 atom stereocenters. The van der Waals surface area contributed by atoms with Crippen LogP contribution in [0.4, 0.5) is 11.4 Å². The van der Waals surface area contributed by atoms with E-state index in [4.69, 9.17) is 5.11 Å². The summed E-state index contributed by atoms with van der Waals surface area (Å²) < 4.78 is 0. The first-order valence-electron chi connectivity index (χ1n) is 6.19. The van der Waals surface area contributed by atoms with Crippen molar-refractivity contribution < 1.29 is 14.8 Å². The Kier molecular flexibility index (Phi) is 3.89. The van der Waals surface area contributed by atoms with Crippen LogP contribution in [0.5, 0.6) is 0 Å². The van der Waals surface area contributed by atoms with Crippen molar-refractivity contribution in [2.45, 2.75) is 0 Å². The molecule has 0 unspecified atom stereocenters. The largest absolute Gasteiger partial charge is 0.478 e. The summed E-state index contributed by atoms with van der Waals surface area (Å²) in [5.74, 6) is -1.19. The average Bonchev–Trinajstić information content (AvgIpc) is 2.46. The van der Waals surface area contributed by atoms with E-state index in [9.17, 15) is 14.9 Å². The fraction of sp³-hybridized carbons (Fsp3) is 0.133. The monoisotopic (exact) mass is 286 g/mol. The van der Waals surface area contributed by atoms with Gasteiger partial charge in [0.25, 0.3) is 5.69 Å². The summed E-state index contributed by atoms with van der Waals surface area (Å²) in [5.41, 5.74) is 1.89. The Labute approximate surface area is 121 Å². The number of hydrogen-bond acceptors (Lipinski definition) is 4. The van der Waals surface area contributed by atoms with Gasteiger partial charge in [-0.1, -0.05) is 12.1 Å². The number of nitro benzene ring substituents is 1. The fourth-order valence-electron chi connectivity index (χ4n) is 1.96. The van der Waals surface area contributed by atoms with Gasteiger partial charge in [-0.2, -0.15) is 0 Å². The van der Waals surface area contributed by atoms with Crippen LogP contribution in [-0.2, 0) is 0 Å². The molecule has 2 rings (SSSR count). The molecule has 108 valence electrons. The molecule has 0 aliphatic carbocycles. The van der Waals surface area contributed by atoms with E-state index in [1.165, 1.54) is 12.1 Å². The maximum atomic E-state index is 11.1. The predicted octanol–water partition coefficient (Wildman–Crippen LogP) is 3.03. The number of carbonyl (C=O) groups is 1. The molecule has 1 N–H and O–H groups in total. The summed E-state index contributed by atoms with van der Waals surface area (Å²) in [4.78, 5) is 23.3. The van der Waals surface area contributed by atoms with Crippen LogP contribution in [0.1, 0.15) is 10.4 Å². The number of nitrogens with zero attached hydrogens (tertiary/aromatic N) is 2. The van der Waals surface area contributed by atoms with Gasteiger partial charge in [0.2, 0.25) is 0 Å². The van der Waals surface area contributed by atoms with Gasteiger partial charge in [-0.3, -0.25) is 10.1 Å². The van der Waals surface area contributed by atoms with Gasteiger partial charge in [0.15, 0.2) is 0 Å². The Morgan fingerprint density at radius 2 is 1.71 bits per heavy atom. The Balaban J connectivity index is 2.51. The van der Waals surface area contributed by atoms with E-state index in [-0.39, 0.29) is 11.3 Å². The number of carboxylic acids is 1. The van der Waals surface area contributed by atoms with Crippen molar-refractivity contribution >= 4 is 17.3 Å². The third-order valence-electron chi connectivity index (χ3n) is 3.09. The SMILES string of the molecule is CN(C)c1ccc(-c2cc(C(=O)O)cc([N+](=O)[O-])c2)cc1. The molecule has 0 radical (unpaired) electrons. The number of anilines is 1. The minimum absolute atomic E-state index is 0.101. The van der Waals surface area contributed by atoms with Crippen LogP contribution in [0.25, 0.3) is 11.1 Å².